The maximum Gasteiger partial charge on any atom is 0.168 e. The van der Waals surface area contributed by atoms with Crippen molar-refractivity contribution < 1.29 is 9.47 Å². The summed E-state index contributed by atoms with van der Waals surface area (Å²) >= 11 is 4.73. The van der Waals surface area contributed by atoms with E-state index in [1.165, 1.54) is 0 Å². The first-order chi connectivity index (χ1) is 7.61. The highest BCUT2D eigenvalue weighted by Crippen LogP contribution is 2.16. The maximum absolute atomic E-state index is 5.60. The molecule has 0 aromatic heterocycles. The molecule has 5 heteroatoms. The smallest absolute Gasteiger partial charge is 0.168 e. The SMILES string of the molecule is COCC(C)Oc1ccc(NC(N)=S)cc1. The number of hydrogen-bond acceptors (Lipinski definition) is 3. The van der Waals surface area contributed by atoms with Gasteiger partial charge in [-0.2, -0.15) is 0 Å². The first-order valence-electron chi connectivity index (χ1n) is 4.94. The van der Waals surface area contributed by atoms with Gasteiger partial charge in [0.1, 0.15) is 11.9 Å². The van der Waals surface area contributed by atoms with Gasteiger partial charge in [0.25, 0.3) is 0 Å². The Labute approximate surface area is 101 Å². The second-order valence-corrected chi connectivity index (χ2v) is 3.84. The fraction of sp³-hybridized carbons (Fsp3) is 0.364. The molecule has 1 unspecified atom stereocenters. The van der Waals surface area contributed by atoms with Crippen LogP contribution in [0.2, 0.25) is 0 Å². The topological polar surface area (TPSA) is 56.5 Å². The number of benzene rings is 1. The number of hydrogen-bond donors (Lipinski definition) is 2. The van der Waals surface area contributed by atoms with E-state index in [-0.39, 0.29) is 11.2 Å². The number of thiocarbonyl (C=S) groups is 1. The molecule has 88 valence electrons. The number of methoxy groups -OCH3 is 1. The van der Waals surface area contributed by atoms with E-state index < -0.39 is 0 Å². The average molecular weight is 240 g/mol. The largest absolute Gasteiger partial charge is 0.488 e. The molecular formula is C11H16N2O2S. The highest BCUT2D eigenvalue weighted by atomic mass is 32.1. The van der Waals surface area contributed by atoms with Crippen LogP contribution >= 0.6 is 12.2 Å². The van der Waals surface area contributed by atoms with Crippen LogP contribution < -0.4 is 15.8 Å². The van der Waals surface area contributed by atoms with E-state index in [0.717, 1.165) is 11.4 Å². The Morgan fingerprint density at radius 3 is 2.56 bits per heavy atom. The maximum atomic E-state index is 5.60. The molecule has 0 aliphatic carbocycles. The van der Waals surface area contributed by atoms with Crippen LogP contribution in [0.4, 0.5) is 5.69 Å². The minimum absolute atomic E-state index is 0.0272. The third kappa shape index (κ3) is 4.46. The highest BCUT2D eigenvalue weighted by Gasteiger charge is 2.03. The van der Waals surface area contributed by atoms with Crippen molar-refractivity contribution >= 4 is 23.0 Å². The van der Waals surface area contributed by atoms with Crippen LogP contribution in [0.1, 0.15) is 6.92 Å². The molecule has 0 spiro atoms. The van der Waals surface area contributed by atoms with Crippen molar-refractivity contribution in [3.63, 3.8) is 0 Å². The van der Waals surface area contributed by atoms with Gasteiger partial charge in [-0.25, -0.2) is 0 Å². The molecule has 3 N–H and O–H groups in total. The molecule has 0 aliphatic heterocycles. The quantitative estimate of drug-likeness (QED) is 0.768. The Hall–Kier alpha value is -1.33. The van der Waals surface area contributed by atoms with Gasteiger partial charge in [-0.05, 0) is 43.4 Å². The number of rotatable bonds is 5. The number of ether oxygens (including phenoxy) is 2. The van der Waals surface area contributed by atoms with Crippen molar-refractivity contribution in [3.8, 4) is 5.75 Å². The summed E-state index contributed by atoms with van der Waals surface area (Å²) in [6, 6.07) is 7.42. The molecule has 1 rings (SSSR count). The number of nitrogens with one attached hydrogen (secondary N) is 1. The van der Waals surface area contributed by atoms with Crippen molar-refractivity contribution in [2.24, 2.45) is 5.73 Å². The third-order valence-corrected chi connectivity index (χ3v) is 1.96. The van der Waals surface area contributed by atoms with Gasteiger partial charge < -0.3 is 20.5 Å². The Morgan fingerprint density at radius 2 is 2.06 bits per heavy atom. The summed E-state index contributed by atoms with van der Waals surface area (Å²) in [5.74, 6) is 0.790. The molecular weight excluding hydrogens is 224 g/mol. The molecule has 0 bridgehead atoms. The van der Waals surface area contributed by atoms with Gasteiger partial charge in [0, 0.05) is 12.8 Å². The summed E-state index contributed by atoms with van der Waals surface area (Å²) in [6.07, 6.45) is 0.0272. The summed E-state index contributed by atoms with van der Waals surface area (Å²) < 4.78 is 10.6. The molecule has 0 radical (unpaired) electrons. The highest BCUT2D eigenvalue weighted by molar-refractivity contribution is 7.80. The van der Waals surface area contributed by atoms with Crippen LogP contribution in [0.5, 0.6) is 5.75 Å². The standard InChI is InChI=1S/C11H16N2O2S/c1-8(7-14-2)15-10-5-3-9(4-6-10)13-11(12)16/h3-6,8H,7H2,1-2H3,(H3,12,13,16). The van der Waals surface area contributed by atoms with Gasteiger partial charge in [0.15, 0.2) is 5.11 Å². The van der Waals surface area contributed by atoms with E-state index in [2.05, 4.69) is 5.32 Å². The van der Waals surface area contributed by atoms with Crippen LogP contribution in [-0.2, 0) is 4.74 Å². The summed E-state index contributed by atoms with van der Waals surface area (Å²) in [7, 11) is 1.65. The van der Waals surface area contributed by atoms with Crippen LogP contribution in [0, 0.1) is 0 Å². The molecule has 1 aromatic rings. The number of anilines is 1. The fourth-order valence-electron chi connectivity index (χ4n) is 1.26. The zero-order valence-electron chi connectivity index (χ0n) is 9.40. The monoisotopic (exact) mass is 240 g/mol. The van der Waals surface area contributed by atoms with Crippen molar-refractivity contribution in [1.29, 1.82) is 0 Å². The first-order valence-corrected chi connectivity index (χ1v) is 5.34. The summed E-state index contributed by atoms with van der Waals surface area (Å²) in [4.78, 5) is 0. The molecule has 4 nitrogen and oxygen atoms in total. The first kappa shape index (κ1) is 12.7. The normalized spacial score (nSPS) is 11.9. The van der Waals surface area contributed by atoms with Gasteiger partial charge >= 0.3 is 0 Å². The lowest BCUT2D eigenvalue weighted by atomic mass is 10.3. The molecule has 1 aromatic carbocycles. The van der Waals surface area contributed by atoms with E-state index in [9.17, 15) is 0 Å². The lowest BCUT2D eigenvalue weighted by Crippen LogP contribution is -2.19. The van der Waals surface area contributed by atoms with Crippen LogP contribution in [0.3, 0.4) is 0 Å². The van der Waals surface area contributed by atoms with Crippen molar-refractivity contribution in [2.45, 2.75) is 13.0 Å². The lowest BCUT2D eigenvalue weighted by Gasteiger charge is -2.14. The van der Waals surface area contributed by atoms with Crippen molar-refractivity contribution in [1.82, 2.24) is 0 Å². The minimum Gasteiger partial charge on any atom is -0.488 e. The molecule has 1 atom stereocenters. The second kappa shape index (κ2) is 6.30. The Balaban J connectivity index is 2.54. The predicted molar refractivity (Wildman–Crippen MR) is 68.8 cm³/mol. The Kier molecular flexibility index (Phi) is 5.01. The molecule has 0 aliphatic rings. The Bertz CT molecular complexity index is 340. The van der Waals surface area contributed by atoms with E-state index in [0.29, 0.717) is 6.61 Å². The zero-order chi connectivity index (χ0) is 12.0. The van der Waals surface area contributed by atoms with Crippen molar-refractivity contribution in [2.75, 3.05) is 19.0 Å². The molecule has 16 heavy (non-hydrogen) atoms. The molecule has 0 saturated carbocycles. The molecule has 0 heterocycles. The molecule has 0 amide bonds. The van der Waals surface area contributed by atoms with Crippen LogP contribution in [0.15, 0.2) is 24.3 Å². The summed E-state index contributed by atoms with van der Waals surface area (Å²) in [5, 5.41) is 3.09. The molecule has 0 saturated heterocycles. The second-order valence-electron chi connectivity index (χ2n) is 3.40. The van der Waals surface area contributed by atoms with Crippen LogP contribution in [-0.4, -0.2) is 24.9 Å². The predicted octanol–water partition coefficient (Wildman–Crippen LogP) is 1.76. The van der Waals surface area contributed by atoms with E-state index in [4.69, 9.17) is 27.4 Å². The lowest BCUT2D eigenvalue weighted by molar-refractivity contribution is 0.0921. The summed E-state index contributed by atoms with van der Waals surface area (Å²) in [5.41, 5.74) is 6.20. The van der Waals surface area contributed by atoms with E-state index in [1.807, 2.05) is 31.2 Å². The van der Waals surface area contributed by atoms with Gasteiger partial charge in [-0.1, -0.05) is 0 Å². The minimum atomic E-state index is 0.0272. The average Bonchev–Trinajstić information content (AvgIpc) is 2.20. The van der Waals surface area contributed by atoms with Gasteiger partial charge in [0.2, 0.25) is 0 Å². The zero-order valence-corrected chi connectivity index (χ0v) is 10.2. The van der Waals surface area contributed by atoms with E-state index in [1.54, 1.807) is 7.11 Å². The fourth-order valence-corrected chi connectivity index (χ4v) is 1.38. The van der Waals surface area contributed by atoms with E-state index >= 15 is 0 Å². The molecule has 0 fully saturated rings. The van der Waals surface area contributed by atoms with Gasteiger partial charge in [-0.3, -0.25) is 0 Å². The number of nitrogens with two attached hydrogens (primary N) is 1. The third-order valence-electron chi connectivity index (χ3n) is 1.86. The van der Waals surface area contributed by atoms with Gasteiger partial charge in [0.05, 0.1) is 6.61 Å². The van der Waals surface area contributed by atoms with Gasteiger partial charge in [-0.15, -0.1) is 0 Å². The summed E-state index contributed by atoms with van der Waals surface area (Å²) in [6.45, 7) is 2.51. The Morgan fingerprint density at radius 1 is 1.44 bits per heavy atom. The van der Waals surface area contributed by atoms with Crippen molar-refractivity contribution in [3.05, 3.63) is 24.3 Å². The van der Waals surface area contributed by atoms with Crippen LogP contribution in [0.25, 0.3) is 0 Å².